The number of carbonyl (C=O) groups excluding carboxylic acids is 1. The van der Waals surface area contributed by atoms with Gasteiger partial charge >= 0.3 is 0 Å². The van der Waals surface area contributed by atoms with Gasteiger partial charge in [-0.1, -0.05) is 6.92 Å². The van der Waals surface area contributed by atoms with E-state index in [1.807, 2.05) is 6.92 Å². The molecule has 4 N–H and O–H groups in total. The van der Waals surface area contributed by atoms with E-state index in [0.29, 0.717) is 19.5 Å². The molecule has 0 bridgehead atoms. The van der Waals surface area contributed by atoms with Crippen molar-refractivity contribution in [1.29, 1.82) is 0 Å². The summed E-state index contributed by atoms with van der Waals surface area (Å²) in [5.41, 5.74) is 5.17. The number of nitrogens with two attached hydrogens (primary N) is 1. The van der Waals surface area contributed by atoms with Gasteiger partial charge in [0, 0.05) is 26.2 Å². The fraction of sp³-hybridized carbons (Fsp3) is 0.875. The summed E-state index contributed by atoms with van der Waals surface area (Å²) < 4.78 is 27.2. The van der Waals surface area contributed by atoms with Crippen LogP contribution in [0.3, 0.4) is 0 Å². The number of hydrogen-bond donors (Lipinski definition) is 3. The third-order valence-corrected chi connectivity index (χ3v) is 3.99. The minimum absolute atomic E-state index is 0.257. The molecule has 7 nitrogen and oxygen atoms in total. The van der Waals surface area contributed by atoms with Gasteiger partial charge < -0.3 is 11.1 Å². The molecule has 1 amide bonds. The van der Waals surface area contributed by atoms with Crippen LogP contribution in [-0.2, 0) is 15.0 Å². The van der Waals surface area contributed by atoms with Crippen molar-refractivity contribution in [2.24, 2.45) is 5.73 Å². The maximum Gasteiger partial charge on any atom is 0.280 e. The van der Waals surface area contributed by atoms with Crippen molar-refractivity contribution < 1.29 is 13.2 Å². The van der Waals surface area contributed by atoms with Crippen LogP contribution < -0.4 is 15.8 Å². The van der Waals surface area contributed by atoms with Gasteiger partial charge in [0.15, 0.2) is 0 Å². The average molecular weight is 250 g/mol. The summed E-state index contributed by atoms with van der Waals surface area (Å²) in [5.74, 6) is -0.630. The topological polar surface area (TPSA) is 105 Å². The summed E-state index contributed by atoms with van der Waals surface area (Å²) in [5, 5.41) is 2.94. The van der Waals surface area contributed by atoms with Crippen LogP contribution in [0.25, 0.3) is 0 Å². The van der Waals surface area contributed by atoms with Gasteiger partial charge in [0.05, 0.1) is 0 Å². The molecule has 1 fully saturated rings. The zero-order chi connectivity index (χ0) is 12.2. The van der Waals surface area contributed by atoms with E-state index in [1.54, 1.807) is 0 Å². The molecule has 1 aliphatic rings. The predicted octanol–water partition coefficient (Wildman–Crippen LogP) is -2.01. The Kier molecular flexibility index (Phi) is 4.66. The van der Waals surface area contributed by atoms with Crippen LogP contribution >= 0.6 is 0 Å². The molecule has 0 radical (unpaired) electrons. The van der Waals surface area contributed by atoms with Crippen molar-refractivity contribution in [2.45, 2.75) is 19.4 Å². The van der Waals surface area contributed by atoms with Gasteiger partial charge in [-0.05, 0) is 6.42 Å². The summed E-state index contributed by atoms with van der Waals surface area (Å²) in [4.78, 5) is 11.1. The standard InChI is InChI=1S/C8H18N4O3S/c1-2-3-11-16(14,15)12-5-4-10-6-7(12)8(9)13/h7,10-11H,2-6H2,1H3,(H2,9,13). The molecular formula is C8H18N4O3S. The van der Waals surface area contributed by atoms with Crippen molar-refractivity contribution in [2.75, 3.05) is 26.2 Å². The Morgan fingerprint density at radius 3 is 2.88 bits per heavy atom. The van der Waals surface area contributed by atoms with Crippen molar-refractivity contribution in [3.63, 3.8) is 0 Å². The molecule has 1 heterocycles. The molecule has 1 rings (SSSR count). The van der Waals surface area contributed by atoms with E-state index in [1.165, 1.54) is 0 Å². The van der Waals surface area contributed by atoms with Crippen molar-refractivity contribution in [3.05, 3.63) is 0 Å². The Bertz CT molecular complexity index is 343. The van der Waals surface area contributed by atoms with Gasteiger partial charge in [0.1, 0.15) is 6.04 Å². The number of nitrogens with one attached hydrogen (secondary N) is 2. The van der Waals surface area contributed by atoms with Crippen molar-refractivity contribution >= 4 is 16.1 Å². The summed E-state index contributed by atoms with van der Waals surface area (Å²) >= 11 is 0. The van der Waals surface area contributed by atoms with Crippen LogP contribution in [0.5, 0.6) is 0 Å². The third kappa shape index (κ3) is 3.14. The minimum atomic E-state index is -3.60. The monoisotopic (exact) mass is 250 g/mol. The zero-order valence-corrected chi connectivity index (χ0v) is 10.1. The van der Waals surface area contributed by atoms with E-state index in [0.717, 1.165) is 4.31 Å². The van der Waals surface area contributed by atoms with Gasteiger partial charge in [-0.3, -0.25) is 4.79 Å². The molecule has 94 valence electrons. The van der Waals surface area contributed by atoms with Crippen LogP contribution in [0.4, 0.5) is 0 Å². The zero-order valence-electron chi connectivity index (χ0n) is 9.27. The molecule has 1 unspecified atom stereocenters. The fourth-order valence-corrected chi connectivity index (χ4v) is 3.00. The summed E-state index contributed by atoms with van der Waals surface area (Å²) in [6.07, 6.45) is 0.701. The second-order valence-electron chi connectivity index (χ2n) is 3.63. The molecule has 8 heteroatoms. The van der Waals surface area contributed by atoms with Gasteiger partial charge in [0.2, 0.25) is 5.91 Å². The van der Waals surface area contributed by atoms with Crippen LogP contribution in [0.15, 0.2) is 0 Å². The second-order valence-corrected chi connectivity index (χ2v) is 5.34. The van der Waals surface area contributed by atoms with E-state index in [2.05, 4.69) is 10.0 Å². The number of rotatable bonds is 5. The molecule has 0 saturated carbocycles. The fourth-order valence-electron chi connectivity index (χ4n) is 1.53. The summed E-state index contributed by atoms with van der Waals surface area (Å²) in [6.45, 7) is 3.27. The highest BCUT2D eigenvalue weighted by molar-refractivity contribution is 7.87. The first-order chi connectivity index (χ1) is 7.49. The number of hydrogen-bond acceptors (Lipinski definition) is 4. The second kappa shape index (κ2) is 5.58. The first-order valence-corrected chi connectivity index (χ1v) is 6.69. The first kappa shape index (κ1) is 13.4. The molecule has 1 aliphatic heterocycles. The normalized spacial score (nSPS) is 23.2. The highest BCUT2D eigenvalue weighted by atomic mass is 32.2. The molecule has 0 aromatic rings. The van der Waals surface area contributed by atoms with Crippen molar-refractivity contribution in [1.82, 2.24) is 14.3 Å². The Balaban J connectivity index is 2.78. The smallest absolute Gasteiger partial charge is 0.280 e. The summed E-state index contributed by atoms with van der Waals surface area (Å²) in [7, 11) is -3.60. The quantitative estimate of drug-likeness (QED) is 0.524. The van der Waals surface area contributed by atoms with Crippen LogP contribution in [-0.4, -0.2) is 50.9 Å². The lowest BCUT2D eigenvalue weighted by Crippen LogP contribution is -2.60. The number of carbonyl (C=O) groups is 1. The Morgan fingerprint density at radius 2 is 2.31 bits per heavy atom. The Hall–Kier alpha value is -0.700. The number of amides is 1. The molecule has 0 spiro atoms. The lowest BCUT2D eigenvalue weighted by atomic mass is 10.2. The Morgan fingerprint density at radius 1 is 1.62 bits per heavy atom. The summed E-state index contributed by atoms with van der Waals surface area (Å²) in [6, 6.07) is -0.803. The SMILES string of the molecule is CCCNS(=O)(=O)N1CCNCC1C(N)=O. The van der Waals surface area contributed by atoms with E-state index >= 15 is 0 Å². The lowest BCUT2D eigenvalue weighted by molar-refractivity contribution is -0.122. The minimum Gasteiger partial charge on any atom is -0.368 e. The predicted molar refractivity (Wildman–Crippen MR) is 59.8 cm³/mol. The molecule has 0 aliphatic carbocycles. The van der Waals surface area contributed by atoms with Crippen LogP contribution in [0, 0.1) is 0 Å². The maximum absolute atomic E-state index is 11.8. The molecular weight excluding hydrogens is 232 g/mol. The molecule has 1 saturated heterocycles. The lowest BCUT2D eigenvalue weighted by Gasteiger charge is -2.32. The molecule has 0 aromatic carbocycles. The first-order valence-electron chi connectivity index (χ1n) is 5.25. The third-order valence-electron chi connectivity index (χ3n) is 2.37. The average Bonchev–Trinajstić information content (AvgIpc) is 2.26. The van der Waals surface area contributed by atoms with Gasteiger partial charge in [-0.25, -0.2) is 4.72 Å². The molecule has 1 atom stereocenters. The van der Waals surface area contributed by atoms with E-state index in [-0.39, 0.29) is 13.1 Å². The van der Waals surface area contributed by atoms with Crippen LogP contribution in [0.1, 0.15) is 13.3 Å². The van der Waals surface area contributed by atoms with Crippen molar-refractivity contribution in [3.8, 4) is 0 Å². The van der Waals surface area contributed by atoms with Gasteiger partial charge in [0.25, 0.3) is 10.2 Å². The number of piperazine rings is 1. The highest BCUT2D eigenvalue weighted by Gasteiger charge is 2.35. The number of nitrogens with zero attached hydrogens (tertiary/aromatic N) is 1. The maximum atomic E-state index is 11.8. The van der Waals surface area contributed by atoms with Crippen LogP contribution in [0.2, 0.25) is 0 Å². The number of primary amides is 1. The van der Waals surface area contributed by atoms with E-state index in [4.69, 9.17) is 5.73 Å². The highest BCUT2D eigenvalue weighted by Crippen LogP contribution is 2.07. The van der Waals surface area contributed by atoms with Gasteiger partial charge in [-0.15, -0.1) is 0 Å². The van der Waals surface area contributed by atoms with Gasteiger partial charge in [-0.2, -0.15) is 12.7 Å². The molecule has 0 aromatic heterocycles. The largest absolute Gasteiger partial charge is 0.368 e. The Labute approximate surface area is 95.5 Å². The van der Waals surface area contributed by atoms with E-state index in [9.17, 15) is 13.2 Å². The van der Waals surface area contributed by atoms with E-state index < -0.39 is 22.2 Å². The molecule has 16 heavy (non-hydrogen) atoms.